The maximum absolute atomic E-state index is 12.4. The van der Waals surface area contributed by atoms with E-state index in [0.717, 1.165) is 63.4 Å². The van der Waals surface area contributed by atoms with Gasteiger partial charge in [0.25, 0.3) is 0 Å². The van der Waals surface area contributed by atoms with E-state index in [1.54, 1.807) is 0 Å². The number of hydrogen-bond donors (Lipinski definition) is 0. The Morgan fingerprint density at radius 1 is 1.00 bits per heavy atom. The van der Waals surface area contributed by atoms with Crippen LogP contribution in [0, 0.1) is 0 Å². The second-order valence-corrected chi connectivity index (χ2v) is 7.10. The maximum atomic E-state index is 12.4. The maximum Gasteiger partial charge on any atom is 0.236 e. The molecule has 0 spiro atoms. The summed E-state index contributed by atoms with van der Waals surface area (Å²) in [4.78, 5) is 16.8. The summed E-state index contributed by atoms with van der Waals surface area (Å²) >= 11 is 0. The summed E-state index contributed by atoms with van der Waals surface area (Å²) in [7, 11) is 0. The van der Waals surface area contributed by atoms with Gasteiger partial charge in [-0.3, -0.25) is 9.69 Å². The number of amides is 1. The van der Waals surface area contributed by atoms with Gasteiger partial charge in [-0.15, -0.1) is 0 Å². The third-order valence-electron chi connectivity index (χ3n) is 5.52. The van der Waals surface area contributed by atoms with Gasteiger partial charge >= 0.3 is 0 Å². The summed E-state index contributed by atoms with van der Waals surface area (Å²) in [5.74, 6) is 2.59. The van der Waals surface area contributed by atoms with E-state index in [2.05, 4.69) is 17.0 Å². The van der Waals surface area contributed by atoms with Gasteiger partial charge in [0.15, 0.2) is 11.5 Å². The van der Waals surface area contributed by atoms with Gasteiger partial charge in [-0.05, 0) is 68.8 Å². The van der Waals surface area contributed by atoms with Crippen molar-refractivity contribution >= 4 is 5.91 Å². The fourth-order valence-electron chi connectivity index (χ4n) is 4.03. The number of piperidine rings is 2. The predicted octanol–water partition coefficient (Wildman–Crippen LogP) is 2.61. The number of fused-ring (bicyclic) bond motifs is 1. The van der Waals surface area contributed by atoms with Gasteiger partial charge < -0.3 is 14.4 Å². The molecule has 0 unspecified atom stereocenters. The van der Waals surface area contributed by atoms with Gasteiger partial charge in [-0.1, -0.05) is 6.07 Å². The van der Waals surface area contributed by atoms with Gasteiger partial charge in [0.05, 0.1) is 6.54 Å². The van der Waals surface area contributed by atoms with Gasteiger partial charge in [0, 0.05) is 13.1 Å². The third-order valence-corrected chi connectivity index (χ3v) is 5.52. The van der Waals surface area contributed by atoms with Crippen molar-refractivity contribution in [2.45, 2.75) is 38.0 Å². The molecule has 0 bridgehead atoms. The summed E-state index contributed by atoms with van der Waals surface area (Å²) in [6.45, 7) is 4.82. The molecule has 4 rings (SSSR count). The fraction of sp³-hybridized carbons (Fsp3) is 0.632. The zero-order chi connectivity index (χ0) is 16.4. The highest BCUT2D eigenvalue weighted by atomic mass is 16.7. The number of nitrogens with zero attached hydrogens (tertiary/aromatic N) is 2. The standard InChI is InChI=1S/C19H26N2O3/c22-19(21-8-2-1-3-9-21)13-20-10-6-15(7-11-20)16-4-5-17-18(12-16)24-14-23-17/h4-5,12,15H,1-3,6-11,13-14H2. The van der Waals surface area contributed by atoms with Crippen LogP contribution in [0.15, 0.2) is 18.2 Å². The summed E-state index contributed by atoms with van der Waals surface area (Å²) in [5, 5.41) is 0. The van der Waals surface area contributed by atoms with E-state index < -0.39 is 0 Å². The average molecular weight is 330 g/mol. The van der Waals surface area contributed by atoms with Crippen LogP contribution in [-0.2, 0) is 4.79 Å². The van der Waals surface area contributed by atoms with Gasteiger partial charge in [0.2, 0.25) is 12.7 Å². The molecule has 3 aliphatic rings. The van der Waals surface area contributed by atoms with Crippen LogP contribution in [0.1, 0.15) is 43.6 Å². The zero-order valence-corrected chi connectivity index (χ0v) is 14.2. The predicted molar refractivity (Wildman–Crippen MR) is 91.4 cm³/mol. The van der Waals surface area contributed by atoms with Crippen molar-refractivity contribution in [3.8, 4) is 11.5 Å². The molecule has 130 valence electrons. The molecule has 24 heavy (non-hydrogen) atoms. The molecule has 0 saturated carbocycles. The van der Waals surface area contributed by atoms with Crippen molar-refractivity contribution in [3.05, 3.63) is 23.8 Å². The Hall–Kier alpha value is -1.75. The van der Waals surface area contributed by atoms with Crippen LogP contribution in [-0.4, -0.2) is 55.2 Å². The Bertz CT molecular complexity index is 590. The summed E-state index contributed by atoms with van der Waals surface area (Å²) in [6.07, 6.45) is 5.81. The number of hydrogen-bond acceptors (Lipinski definition) is 4. The Labute approximate surface area is 143 Å². The number of carbonyl (C=O) groups excluding carboxylic acids is 1. The highest BCUT2D eigenvalue weighted by molar-refractivity contribution is 5.78. The number of carbonyl (C=O) groups is 1. The van der Waals surface area contributed by atoms with E-state index in [9.17, 15) is 4.79 Å². The van der Waals surface area contributed by atoms with Crippen LogP contribution in [0.4, 0.5) is 0 Å². The fourth-order valence-corrected chi connectivity index (χ4v) is 4.03. The molecule has 2 saturated heterocycles. The minimum atomic E-state index is 0.316. The van der Waals surface area contributed by atoms with Crippen molar-refractivity contribution in [2.24, 2.45) is 0 Å². The first-order valence-electron chi connectivity index (χ1n) is 9.19. The second-order valence-electron chi connectivity index (χ2n) is 7.10. The van der Waals surface area contributed by atoms with Crippen LogP contribution in [0.25, 0.3) is 0 Å². The molecule has 2 fully saturated rings. The smallest absolute Gasteiger partial charge is 0.236 e. The number of ether oxygens (including phenoxy) is 2. The monoisotopic (exact) mass is 330 g/mol. The quantitative estimate of drug-likeness (QED) is 0.854. The van der Waals surface area contributed by atoms with E-state index in [1.807, 2.05) is 11.0 Å². The molecule has 1 aromatic rings. The SMILES string of the molecule is O=C(CN1CCC(c2ccc3c(c2)OCO3)CC1)N1CCCCC1. The number of rotatable bonds is 3. The molecule has 0 atom stereocenters. The lowest BCUT2D eigenvalue weighted by atomic mass is 9.89. The van der Waals surface area contributed by atoms with Crippen molar-refractivity contribution in [3.63, 3.8) is 0 Å². The molecular formula is C19H26N2O3. The molecule has 5 nitrogen and oxygen atoms in total. The molecule has 0 aliphatic carbocycles. The first kappa shape index (κ1) is 15.8. The molecule has 0 radical (unpaired) electrons. The molecular weight excluding hydrogens is 304 g/mol. The van der Waals surface area contributed by atoms with E-state index in [4.69, 9.17) is 9.47 Å². The molecule has 5 heteroatoms. The van der Waals surface area contributed by atoms with E-state index in [-0.39, 0.29) is 0 Å². The molecule has 0 N–H and O–H groups in total. The Morgan fingerprint density at radius 3 is 2.54 bits per heavy atom. The van der Waals surface area contributed by atoms with Gasteiger partial charge in [-0.25, -0.2) is 0 Å². The largest absolute Gasteiger partial charge is 0.454 e. The zero-order valence-electron chi connectivity index (χ0n) is 14.2. The molecule has 1 amide bonds. The Kier molecular flexibility index (Phi) is 4.60. The Balaban J connectivity index is 1.29. The lowest BCUT2D eigenvalue weighted by Crippen LogP contribution is -2.44. The van der Waals surface area contributed by atoms with E-state index in [1.165, 1.54) is 12.0 Å². The summed E-state index contributed by atoms with van der Waals surface area (Å²) < 4.78 is 10.9. The van der Waals surface area contributed by atoms with Crippen LogP contribution in [0.3, 0.4) is 0 Å². The third kappa shape index (κ3) is 3.36. The highest BCUT2D eigenvalue weighted by Crippen LogP contribution is 2.37. The second kappa shape index (κ2) is 7.01. The van der Waals surface area contributed by atoms with E-state index in [0.29, 0.717) is 25.2 Å². The van der Waals surface area contributed by atoms with Crippen molar-refractivity contribution < 1.29 is 14.3 Å². The normalized spacial score (nSPS) is 21.9. The highest BCUT2D eigenvalue weighted by Gasteiger charge is 2.25. The van der Waals surface area contributed by atoms with Gasteiger partial charge in [0.1, 0.15) is 0 Å². The molecule has 0 aromatic heterocycles. The van der Waals surface area contributed by atoms with Crippen LogP contribution >= 0.6 is 0 Å². The molecule has 3 aliphatic heterocycles. The molecule has 1 aromatic carbocycles. The average Bonchev–Trinajstić information content (AvgIpc) is 3.11. The van der Waals surface area contributed by atoms with Crippen molar-refractivity contribution in [1.82, 2.24) is 9.80 Å². The minimum Gasteiger partial charge on any atom is -0.454 e. The minimum absolute atomic E-state index is 0.316. The van der Waals surface area contributed by atoms with Gasteiger partial charge in [-0.2, -0.15) is 0 Å². The van der Waals surface area contributed by atoms with Crippen molar-refractivity contribution in [1.29, 1.82) is 0 Å². The van der Waals surface area contributed by atoms with Crippen LogP contribution in [0.2, 0.25) is 0 Å². The number of likely N-dealkylation sites (tertiary alicyclic amines) is 2. The topological polar surface area (TPSA) is 42.0 Å². The molecule has 3 heterocycles. The lowest BCUT2D eigenvalue weighted by molar-refractivity contribution is -0.133. The van der Waals surface area contributed by atoms with Crippen LogP contribution in [0.5, 0.6) is 11.5 Å². The van der Waals surface area contributed by atoms with E-state index >= 15 is 0 Å². The summed E-state index contributed by atoms with van der Waals surface area (Å²) in [6, 6.07) is 6.30. The first-order chi connectivity index (χ1) is 11.8. The summed E-state index contributed by atoms with van der Waals surface area (Å²) in [5.41, 5.74) is 1.33. The lowest BCUT2D eigenvalue weighted by Gasteiger charge is -2.34. The van der Waals surface area contributed by atoms with Crippen LogP contribution < -0.4 is 9.47 Å². The number of benzene rings is 1. The first-order valence-corrected chi connectivity index (χ1v) is 9.19. The van der Waals surface area contributed by atoms with Crippen molar-refractivity contribution in [2.75, 3.05) is 39.5 Å². The Morgan fingerprint density at radius 2 is 1.75 bits per heavy atom.